The molecule has 0 spiro atoms. The van der Waals surface area contributed by atoms with Crippen molar-refractivity contribution < 1.29 is 27.5 Å². The number of carbonyl (C=O) groups excluding carboxylic acids is 2. The molecule has 2 saturated carbocycles. The van der Waals surface area contributed by atoms with Gasteiger partial charge in [-0.25, -0.2) is 0 Å². The zero-order valence-electron chi connectivity index (χ0n) is 17.9. The highest BCUT2D eigenvalue weighted by Gasteiger charge is 2.38. The van der Waals surface area contributed by atoms with Crippen molar-refractivity contribution in [3.63, 3.8) is 0 Å². The lowest BCUT2D eigenvalue weighted by atomic mass is 10.1. The molecule has 32 heavy (non-hydrogen) atoms. The van der Waals surface area contributed by atoms with Crippen molar-refractivity contribution in [2.45, 2.75) is 37.9 Å². The average Bonchev–Trinajstić information content (AvgIpc) is 3.66. The molecule has 0 aromatic heterocycles. The molecule has 3 aliphatic rings. The van der Waals surface area contributed by atoms with Crippen molar-refractivity contribution in [3.8, 4) is 0 Å². The number of carbonyl (C=O) groups is 2. The fraction of sp³-hybridized carbons (Fsp3) is 0.636. The van der Waals surface area contributed by atoms with Crippen molar-refractivity contribution in [3.05, 3.63) is 23.8 Å². The Hall–Kier alpha value is -2.17. The van der Waals surface area contributed by atoms with Crippen LogP contribution in [0, 0.1) is 11.8 Å². The molecule has 2 aliphatic carbocycles. The van der Waals surface area contributed by atoms with Crippen LogP contribution in [0.5, 0.6) is 0 Å². The van der Waals surface area contributed by atoms with Crippen LogP contribution in [0.4, 0.5) is 24.5 Å². The molecule has 176 valence electrons. The van der Waals surface area contributed by atoms with Crippen molar-refractivity contribution in [1.29, 1.82) is 0 Å². The van der Waals surface area contributed by atoms with Crippen molar-refractivity contribution >= 4 is 23.2 Å². The number of anilines is 2. The van der Waals surface area contributed by atoms with Gasteiger partial charge in [0.25, 0.3) is 5.91 Å². The van der Waals surface area contributed by atoms with Crippen molar-refractivity contribution in [2.24, 2.45) is 17.6 Å². The molecule has 1 atom stereocenters. The topological polar surface area (TPSA) is 87.9 Å². The van der Waals surface area contributed by atoms with E-state index in [0.717, 1.165) is 44.8 Å². The van der Waals surface area contributed by atoms with Gasteiger partial charge in [0.15, 0.2) is 0 Å². The number of nitrogens with one attached hydrogen (secondary N) is 1. The summed E-state index contributed by atoms with van der Waals surface area (Å²) in [5, 5.41) is 2.47. The second kappa shape index (κ2) is 9.36. The van der Waals surface area contributed by atoms with Crippen LogP contribution in [0.1, 0.15) is 31.2 Å². The van der Waals surface area contributed by atoms with Crippen molar-refractivity contribution in [2.75, 3.05) is 49.6 Å². The molecule has 4 rings (SSSR count). The maximum absolute atomic E-state index is 13.8. The van der Waals surface area contributed by atoms with Gasteiger partial charge in [0.05, 0.1) is 17.9 Å². The highest BCUT2D eigenvalue weighted by molar-refractivity contribution is 5.98. The Morgan fingerprint density at radius 1 is 1.22 bits per heavy atom. The van der Waals surface area contributed by atoms with Crippen LogP contribution in [0.3, 0.4) is 0 Å². The molecule has 3 N–H and O–H groups in total. The van der Waals surface area contributed by atoms with E-state index in [0.29, 0.717) is 11.8 Å². The Balaban J connectivity index is 1.54. The first-order chi connectivity index (χ1) is 15.3. The van der Waals surface area contributed by atoms with Gasteiger partial charge in [0.2, 0.25) is 5.91 Å². The molecular formula is C22H29F3N4O3. The first kappa shape index (κ1) is 23.0. The summed E-state index contributed by atoms with van der Waals surface area (Å²) in [6, 6.07) is 2.84. The second-order valence-corrected chi connectivity index (χ2v) is 8.91. The van der Waals surface area contributed by atoms with E-state index in [1.54, 1.807) is 0 Å². The molecule has 0 bridgehead atoms. The van der Waals surface area contributed by atoms with E-state index >= 15 is 0 Å². The largest absolute Gasteiger partial charge is 0.418 e. The van der Waals surface area contributed by atoms with Gasteiger partial charge in [0, 0.05) is 31.9 Å². The first-order valence-electron chi connectivity index (χ1n) is 11.1. The van der Waals surface area contributed by atoms with E-state index in [2.05, 4.69) is 5.32 Å². The third-order valence-electron chi connectivity index (χ3n) is 6.21. The Morgan fingerprint density at radius 2 is 1.88 bits per heavy atom. The van der Waals surface area contributed by atoms with Gasteiger partial charge in [0.1, 0.15) is 12.6 Å². The molecule has 1 heterocycles. The average molecular weight is 454 g/mol. The maximum atomic E-state index is 13.8. The number of nitrogens with two attached hydrogens (primary N) is 1. The third-order valence-corrected chi connectivity index (χ3v) is 6.21. The Bertz CT molecular complexity index is 841. The van der Waals surface area contributed by atoms with Crippen LogP contribution in [-0.4, -0.2) is 62.1 Å². The monoisotopic (exact) mass is 454 g/mol. The van der Waals surface area contributed by atoms with Gasteiger partial charge in [-0.2, -0.15) is 13.2 Å². The normalized spacial score (nSPS) is 20.5. The predicted octanol–water partition coefficient (Wildman–Crippen LogP) is 2.46. The zero-order chi connectivity index (χ0) is 22.9. The number of halogens is 3. The van der Waals surface area contributed by atoms with E-state index in [-0.39, 0.29) is 37.7 Å². The summed E-state index contributed by atoms with van der Waals surface area (Å²) >= 11 is 0. The number of alkyl halides is 3. The van der Waals surface area contributed by atoms with E-state index in [1.165, 1.54) is 17.0 Å². The van der Waals surface area contributed by atoms with Gasteiger partial charge in [-0.1, -0.05) is 0 Å². The van der Waals surface area contributed by atoms with E-state index < -0.39 is 29.6 Å². The van der Waals surface area contributed by atoms with Crippen LogP contribution in [0.15, 0.2) is 18.2 Å². The standard InChI is InChI=1S/C22H29F3N4O3/c23-22(24,25)17-9-16(29-7-8-32-13-20(29)30)5-6-18(17)27-21(31)19(10-26)28(11-14-1-2-14)12-15-3-4-15/h5-6,9,14-15,19H,1-4,7-8,10-13,26H2,(H,27,31)/t19-/m0/s1. The van der Waals surface area contributed by atoms with E-state index in [4.69, 9.17) is 10.5 Å². The smallest absolute Gasteiger partial charge is 0.370 e. The molecule has 7 nitrogen and oxygen atoms in total. The quantitative estimate of drug-likeness (QED) is 0.599. The van der Waals surface area contributed by atoms with E-state index in [1.807, 2.05) is 4.90 Å². The summed E-state index contributed by atoms with van der Waals surface area (Å²) < 4.78 is 46.5. The Kier molecular flexibility index (Phi) is 6.73. The highest BCUT2D eigenvalue weighted by Crippen LogP contribution is 2.38. The SMILES string of the molecule is NC[C@@H](C(=O)Nc1ccc(N2CCOCC2=O)cc1C(F)(F)F)N(CC1CC1)CC1CC1. The lowest BCUT2D eigenvalue weighted by Gasteiger charge is -2.31. The van der Waals surface area contributed by atoms with Gasteiger partial charge in [-0.05, 0) is 55.7 Å². The van der Waals surface area contributed by atoms with E-state index in [9.17, 15) is 22.8 Å². The number of hydrogen-bond donors (Lipinski definition) is 2. The molecule has 3 fully saturated rings. The summed E-state index contributed by atoms with van der Waals surface area (Å²) in [6.07, 6.45) is -0.256. The molecule has 1 aliphatic heterocycles. The molecular weight excluding hydrogens is 425 g/mol. The predicted molar refractivity (Wildman–Crippen MR) is 113 cm³/mol. The molecule has 0 radical (unpaired) electrons. The summed E-state index contributed by atoms with van der Waals surface area (Å²) in [4.78, 5) is 28.4. The van der Waals surface area contributed by atoms with Gasteiger partial charge < -0.3 is 20.7 Å². The molecule has 1 saturated heterocycles. The maximum Gasteiger partial charge on any atom is 0.418 e. The fourth-order valence-electron chi connectivity index (χ4n) is 4.07. The van der Waals surface area contributed by atoms with Crippen molar-refractivity contribution in [1.82, 2.24) is 4.90 Å². The third kappa shape index (κ3) is 5.60. The summed E-state index contributed by atoms with van der Waals surface area (Å²) in [5.41, 5.74) is 4.71. The first-order valence-corrected chi connectivity index (χ1v) is 11.1. The molecule has 10 heteroatoms. The number of morpholine rings is 1. The zero-order valence-corrected chi connectivity index (χ0v) is 17.9. The van der Waals surface area contributed by atoms with Crippen LogP contribution in [-0.2, 0) is 20.5 Å². The second-order valence-electron chi connectivity index (χ2n) is 8.91. The minimum Gasteiger partial charge on any atom is -0.370 e. The molecule has 0 unspecified atom stereocenters. The summed E-state index contributed by atoms with van der Waals surface area (Å²) in [5.74, 6) is 0.132. The molecule has 1 aromatic rings. The lowest BCUT2D eigenvalue weighted by Crippen LogP contribution is -2.50. The molecule has 2 amide bonds. The number of benzene rings is 1. The number of rotatable bonds is 9. The summed E-state index contributed by atoms with van der Waals surface area (Å²) in [6.45, 7) is 1.78. The van der Waals surface area contributed by atoms with Crippen LogP contribution in [0.25, 0.3) is 0 Å². The fourth-order valence-corrected chi connectivity index (χ4v) is 4.07. The van der Waals surface area contributed by atoms with Crippen LogP contribution in [0.2, 0.25) is 0 Å². The van der Waals surface area contributed by atoms with Gasteiger partial charge in [-0.3, -0.25) is 14.5 Å². The Morgan fingerprint density at radius 3 is 2.41 bits per heavy atom. The van der Waals surface area contributed by atoms with Crippen LogP contribution >= 0.6 is 0 Å². The highest BCUT2D eigenvalue weighted by atomic mass is 19.4. The minimum atomic E-state index is -4.70. The minimum absolute atomic E-state index is 0.0347. The van der Waals surface area contributed by atoms with Crippen LogP contribution < -0.4 is 16.0 Å². The molecule has 1 aromatic carbocycles. The Labute approximate surface area is 185 Å². The number of amides is 2. The number of nitrogens with zero attached hydrogens (tertiary/aromatic N) is 2. The lowest BCUT2D eigenvalue weighted by molar-refractivity contribution is -0.137. The van der Waals surface area contributed by atoms with Gasteiger partial charge in [-0.15, -0.1) is 0 Å². The number of ether oxygens (including phenoxy) is 1. The summed E-state index contributed by atoms with van der Waals surface area (Å²) in [7, 11) is 0. The number of hydrogen-bond acceptors (Lipinski definition) is 5. The van der Waals surface area contributed by atoms with Gasteiger partial charge >= 0.3 is 6.18 Å².